The van der Waals surface area contributed by atoms with Crippen molar-refractivity contribution in [3.8, 4) is 0 Å². The maximum Gasteiger partial charge on any atom is 0.156 e. The number of carbonyl (C=O) groups excluding carboxylic acids is 1. The van der Waals surface area contributed by atoms with E-state index in [2.05, 4.69) is 11.9 Å². The van der Waals surface area contributed by atoms with E-state index in [0.29, 0.717) is 0 Å². The van der Waals surface area contributed by atoms with E-state index in [1.165, 1.54) is 0 Å². The standard InChI is InChI=1S/C12H15NOS/c1-2-3-7-15-12(10-14)8-11-5-4-6-13-9-11/h4-6,8-10H,2-3,7H2,1H3/b12-8-. The van der Waals surface area contributed by atoms with Crippen LogP contribution in [0.5, 0.6) is 0 Å². The number of aromatic nitrogens is 1. The van der Waals surface area contributed by atoms with Crippen LogP contribution < -0.4 is 0 Å². The van der Waals surface area contributed by atoms with Crippen molar-refractivity contribution in [2.75, 3.05) is 5.75 Å². The molecule has 0 saturated carbocycles. The van der Waals surface area contributed by atoms with E-state index in [1.54, 1.807) is 24.2 Å². The lowest BCUT2D eigenvalue weighted by Gasteiger charge is -1.99. The molecule has 80 valence electrons. The second-order valence-electron chi connectivity index (χ2n) is 3.15. The molecule has 1 rings (SSSR count). The Morgan fingerprint density at radius 3 is 3.07 bits per heavy atom. The molecule has 0 unspecified atom stereocenters. The molecule has 0 aliphatic rings. The summed E-state index contributed by atoms with van der Waals surface area (Å²) in [6.45, 7) is 2.14. The van der Waals surface area contributed by atoms with Crippen LogP contribution in [0.2, 0.25) is 0 Å². The van der Waals surface area contributed by atoms with Crippen LogP contribution in [0.4, 0.5) is 0 Å². The zero-order chi connectivity index (χ0) is 10.9. The third kappa shape index (κ3) is 4.79. The van der Waals surface area contributed by atoms with Crippen molar-refractivity contribution in [3.05, 3.63) is 35.0 Å². The molecule has 0 bridgehead atoms. The molecule has 1 aromatic rings. The van der Waals surface area contributed by atoms with E-state index < -0.39 is 0 Å². The summed E-state index contributed by atoms with van der Waals surface area (Å²) in [5.74, 6) is 1.00. The summed E-state index contributed by atoms with van der Waals surface area (Å²) in [7, 11) is 0. The first-order chi connectivity index (χ1) is 7.36. The van der Waals surface area contributed by atoms with Gasteiger partial charge in [0.1, 0.15) is 0 Å². The van der Waals surface area contributed by atoms with E-state index >= 15 is 0 Å². The van der Waals surface area contributed by atoms with Gasteiger partial charge in [-0.3, -0.25) is 9.78 Å². The molecule has 0 fully saturated rings. The van der Waals surface area contributed by atoms with Gasteiger partial charge >= 0.3 is 0 Å². The van der Waals surface area contributed by atoms with E-state index in [9.17, 15) is 4.79 Å². The second-order valence-corrected chi connectivity index (χ2v) is 4.32. The zero-order valence-corrected chi connectivity index (χ0v) is 9.67. The predicted octanol–water partition coefficient (Wildman–Crippen LogP) is 3.15. The van der Waals surface area contributed by atoms with Gasteiger partial charge in [0.05, 0.1) is 0 Å². The van der Waals surface area contributed by atoms with Crippen molar-refractivity contribution in [2.24, 2.45) is 0 Å². The first-order valence-corrected chi connectivity index (χ1v) is 6.05. The van der Waals surface area contributed by atoms with Gasteiger partial charge in [0, 0.05) is 17.3 Å². The van der Waals surface area contributed by atoms with Crippen molar-refractivity contribution in [3.63, 3.8) is 0 Å². The van der Waals surface area contributed by atoms with Crippen LogP contribution in [0, 0.1) is 0 Å². The Labute approximate surface area is 94.8 Å². The van der Waals surface area contributed by atoms with Gasteiger partial charge in [0.25, 0.3) is 0 Å². The Morgan fingerprint density at radius 1 is 1.60 bits per heavy atom. The summed E-state index contributed by atoms with van der Waals surface area (Å²) in [5.41, 5.74) is 0.976. The minimum Gasteiger partial charge on any atom is -0.297 e. The van der Waals surface area contributed by atoms with Gasteiger partial charge in [0.2, 0.25) is 0 Å². The summed E-state index contributed by atoms with van der Waals surface area (Å²) in [5, 5.41) is 0. The second kappa shape index (κ2) is 7.23. The first kappa shape index (κ1) is 12.0. The molecule has 0 spiro atoms. The number of hydrogen-bond acceptors (Lipinski definition) is 3. The van der Waals surface area contributed by atoms with Crippen LogP contribution in [0.1, 0.15) is 25.3 Å². The topological polar surface area (TPSA) is 30.0 Å². The van der Waals surface area contributed by atoms with Gasteiger partial charge in [0.15, 0.2) is 6.29 Å². The SMILES string of the molecule is CCCCS/C(C=O)=C\c1cccnc1. The molecule has 0 amide bonds. The van der Waals surface area contributed by atoms with Gasteiger partial charge in [-0.2, -0.15) is 0 Å². The molecule has 0 aliphatic carbocycles. The molecule has 2 nitrogen and oxygen atoms in total. The largest absolute Gasteiger partial charge is 0.297 e. The van der Waals surface area contributed by atoms with Crippen LogP contribution in [0.15, 0.2) is 29.4 Å². The van der Waals surface area contributed by atoms with Gasteiger partial charge in [-0.25, -0.2) is 0 Å². The number of rotatable bonds is 6. The van der Waals surface area contributed by atoms with Gasteiger partial charge in [-0.05, 0) is 29.9 Å². The highest BCUT2D eigenvalue weighted by atomic mass is 32.2. The maximum absolute atomic E-state index is 10.8. The lowest BCUT2D eigenvalue weighted by Crippen LogP contribution is -1.84. The summed E-state index contributed by atoms with van der Waals surface area (Å²) < 4.78 is 0. The highest BCUT2D eigenvalue weighted by Crippen LogP contribution is 2.18. The van der Waals surface area contributed by atoms with E-state index in [4.69, 9.17) is 0 Å². The molecule has 1 heterocycles. The van der Waals surface area contributed by atoms with Crippen LogP contribution >= 0.6 is 11.8 Å². The van der Waals surface area contributed by atoms with Crippen molar-refractivity contribution in [2.45, 2.75) is 19.8 Å². The van der Waals surface area contributed by atoms with E-state index in [1.807, 2.05) is 18.2 Å². The Hall–Kier alpha value is -1.09. The molecule has 0 atom stereocenters. The van der Waals surface area contributed by atoms with Gasteiger partial charge < -0.3 is 0 Å². The third-order valence-electron chi connectivity index (χ3n) is 1.88. The fraction of sp³-hybridized carbons (Fsp3) is 0.333. The van der Waals surface area contributed by atoms with E-state index in [-0.39, 0.29) is 0 Å². The van der Waals surface area contributed by atoms with E-state index in [0.717, 1.165) is 35.3 Å². The van der Waals surface area contributed by atoms with Crippen molar-refractivity contribution >= 4 is 24.1 Å². The van der Waals surface area contributed by atoms with Crippen molar-refractivity contribution in [1.29, 1.82) is 0 Å². The van der Waals surface area contributed by atoms with Crippen molar-refractivity contribution < 1.29 is 4.79 Å². The molecule has 0 aromatic carbocycles. The smallest absolute Gasteiger partial charge is 0.156 e. The highest BCUT2D eigenvalue weighted by molar-refractivity contribution is 8.04. The number of hydrogen-bond donors (Lipinski definition) is 0. The summed E-state index contributed by atoms with van der Waals surface area (Å²) in [6.07, 6.45) is 8.56. The quantitative estimate of drug-likeness (QED) is 0.420. The predicted molar refractivity (Wildman–Crippen MR) is 65.6 cm³/mol. The number of allylic oxidation sites excluding steroid dienone is 1. The summed E-state index contributed by atoms with van der Waals surface area (Å²) in [4.78, 5) is 15.6. The average molecular weight is 221 g/mol. The minimum absolute atomic E-state index is 0.774. The molecule has 1 aromatic heterocycles. The number of carbonyl (C=O) groups is 1. The Morgan fingerprint density at radius 2 is 2.47 bits per heavy atom. The highest BCUT2D eigenvalue weighted by Gasteiger charge is 1.96. The monoisotopic (exact) mass is 221 g/mol. The van der Waals surface area contributed by atoms with Gasteiger partial charge in [-0.1, -0.05) is 19.4 Å². The maximum atomic E-state index is 10.8. The molecule has 15 heavy (non-hydrogen) atoms. The average Bonchev–Trinajstić information content (AvgIpc) is 2.29. The number of unbranched alkanes of at least 4 members (excludes halogenated alkanes) is 1. The molecular formula is C12H15NOS. The third-order valence-corrected chi connectivity index (χ3v) is 2.92. The molecule has 0 radical (unpaired) electrons. The number of aldehydes is 1. The minimum atomic E-state index is 0.774. The van der Waals surface area contributed by atoms with Crippen molar-refractivity contribution in [1.82, 2.24) is 4.98 Å². The number of thioether (sulfide) groups is 1. The summed E-state index contributed by atoms with van der Waals surface area (Å²) in [6, 6.07) is 3.81. The first-order valence-electron chi connectivity index (χ1n) is 5.06. The fourth-order valence-electron chi connectivity index (χ4n) is 1.07. The number of nitrogens with zero attached hydrogens (tertiary/aromatic N) is 1. The summed E-state index contributed by atoms with van der Waals surface area (Å²) >= 11 is 1.61. The molecule has 0 aliphatic heterocycles. The van der Waals surface area contributed by atoms with Crippen LogP contribution in [0.3, 0.4) is 0 Å². The van der Waals surface area contributed by atoms with Gasteiger partial charge in [-0.15, -0.1) is 11.8 Å². The molecular weight excluding hydrogens is 206 g/mol. The Bertz CT molecular complexity index is 322. The molecule has 3 heteroatoms. The lowest BCUT2D eigenvalue weighted by atomic mass is 10.3. The fourth-order valence-corrected chi connectivity index (χ4v) is 2.03. The normalized spacial score (nSPS) is 11.4. The Balaban J connectivity index is 2.58. The van der Waals surface area contributed by atoms with Crippen LogP contribution in [-0.2, 0) is 4.79 Å². The van der Waals surface area contributed by atoms with Crippen LogP contribution in [-0.4, -0.2) is 17.0 Å². The Kier molecular flexibility index (Phi) is 5.78. The van der Waals surface area contributed by atoms with Crippen LogP contribution in [0.25, 0.3) is 6.08 Å². The number of pyridine rings is 1. The lowest BCUT2D eigenvalue weighted by molar-refractivity contribution is -0.104. The molecule has 0 N–H and O–H groups in total. The zero-order valence-electron chi connectivity index (χ0n) is 8.85. The molecule has 0 saturated heterocycles.